The van der Waals surface area contributed by atoms with Crippen LogP contribution in [0.5, 0.6) is 0 Å². The minimum absolute atomic E-state index is 0.00475. The maximum atomic E-state index is 13.0. The van der Waals surface area contributed by atoms with Gasteiger partial charge in [-0.05, 0) is 36.8 Å². The van der Waals surface area contributed by atoms with Crippen LogP contribution in [0.4, 0.5) is 4.79 Å². The highest BCUT2D eigenvalue weighted by atomic mass is 16.6. The molecule has 9 nitrogen and oxygen atoms in total. The SMILES string of the molecule is CCCCCCCCCCCC(=O)OC(CCCCCCC)CCC(=O)OCC(NC(=O)OCc1ccccc1)C(=O)OCc1ccccc1. The quantitative estimate of drug-likeness (QED) is 0.0531. The summed E-state index contributed by atoms with van der Waals surface area (Å²) in [6.07, 6.45) is 16.1. The molecule has 2 rings (SSSR count). The lowest BCUT2D eigenvalue weighted by Gasteiger charge is -2.19. The van der Waals surface area contributed by atoms with Crippen LogP contribution in [0.15, 0.2) is 60.7 Å². The van der Waals surface area contributed by atoms with Gasteiger partial charge in [-0.1, -0.05) is 152 Å². The molecule has 0 saturated heterocycles. The van der Waals surface area contributed by atoms with E-state index in [0.717, 1.165) is 62.5 Å². The van der Waals surface area contributed by atoms with Crippen LogP contribution in [-0.4, -0.2) is 42.8 Å². The van der Waals surface area contributed by atoms with E-state index in [4.69, 9.17) is 18.9 Å². The number of alkyl carbamates (subject to hydrolysis) is 1. The average Bonchev–Trinajstić information content (AvgIpc) is 3.13. The normalized spacial score (nSPS) is 12.0. The van der Waals surface area contributed by atoms with E-state index >= 15 is 0 Å². The molecule has 0 heterocycles. The Morgan fingerprint density at radius 2 is 1.08 bits per heavy atom. The zero-order valence-corrected chi connectivity index (χ0v) is 30.5. The summed E-state index contributed by atoms with van der Waals surface area (Å²) in [6.45, 7) is 3.97. The highest BCUT2D eigenvalue weighted by Crippen LogP contribution is 2.17. The molecule has 0 aliphatic carbocycles. The molecule has 2 unspecified atom stereocenters. The van der Waals surface area contributed by atoms with E-state index in [-0.39, 0.29) is 31.7 Å². The third kappa shape index (κ3) is 21.3. The number of hydrogen-bond donors (Lipinski definition) is 1. The van der Waals surface area contributed by atoms with Crippen molar-refractivity contribution < 1.29 is 38.1 Å². The molecule has 2 aromatic rings. The number of benzene rings is 2. The van der Waals surface area contributed by atoms with Crippen LogP contribution in [-0.2, 0) is 46.5 Å². The molecule has 9 heteroatoms. The van der Waals surface area contributed by atoms with E-state index in [0.29, 0.717) is 19.3 Å². The molecular weight excluding hydrogens is 634 g/mol. The first kappa shape index (κ1) is 42.3. The number of carbonyl (C=O) groups is 4. The number of amides is 1. The van der Waals surface area contributed by atoms with Crippen LogP contribution >= 0.6 is 0 Å². The largest absolute Gasteiger partial charge is 0.463 e. The van der Waals surface area contributed by atoms with Crippen molar-refractivity contribution in [2.45, 2.75) is 155 Å². The van der Waals surface area contributed by atoms with E-state index in [9.17, 15) is 19.2 Å². The molecular formula is C41H61NO8. The van der Waals surface area contributed by atoms with Gasteiger partial charge in [0.15, 0.2) is 6.04 Å². The molecule has 0 spiro atoms. The lowest BCUT2D eigenvalue weighted by molar-refractivity contribution is -0.156. The van der Waals surface area contributed by atoms with Gasteiger partial charge in [-0.15, -0.1) is 0 Å². The number of unbranched alkanes of at least 4 members (excludes halogenated alkanes) is 12. The first-order chi connectivity index (χ1) is 24.4. The molecule has 2 aromatic carbocycles. The van der Waals surface area contributed by atoms with Crippen molar-refractivity contribution in [3.8, 4) is 0 Å². The van der Waals surface area contributed by atoms with Crippen molar-refractivity contribution in [2.24, 2.45) is 0 Å². The van der Waals surface area contributed by atoms with Gasteiger partial charge < -0.3 is 24.3 Å². The Balaban J connectivity index is 1.86. The van der Waals surface area contributed by atoms with Crippen molar-refractivity contribution in [3.05, 3.63) is 71.8 Å². The van der Waals surface area contributed by atoms with Crippen LogP contribution in [0.3, 0.4) is 0 Å². The van der Waals surface area contributed by atoms with E-state index < -0.39 is 30.7 Å². The smallest absolute Gasteiger partial charge is 0.408 e. The molecule has 50 heavy (non-hydrogen) atoms. The van der Waals surface area contributed by atoms with E-state index in [2.05, 4.69) is 19.2 Å². The molecule has 0 aliphatic rings. The van der Waals surface area contributed by atoms with E-state index in [1.54, 1.807) is 0 Å². The number of hydrogen-bond acceptors (Lipinski definition) is 8. The van der Waals surface area contributed by atoms with Gasteiger partial charge in [-0.2, -0.15) is 0 Å². The molecule has 1 N–H and O–H groups in total. The lowest BCUT2D eigenvalue weighted by atomic mass is 10.0. The average molecular weight is 696 g/mol. The van der Waals surface area contributed by atoms with Gasteiger partial charge in [0.2, 0.25) is 0 Å². The summed E-state index contributed by atoms with van der Waals surface area (Å²) in [6, 6.07) is 17.0. The Kier molecular flexibility index (Phi) is 23.6. The number of esters is 3. The monoisotopic (exact) mass is 695 g/mol. The first-order valence-corrected chi connectivity index (χ1v) is 18.9. The zero-order chi connectivity index (χ0) is 36.1. The minimum atomic E-state index is -1.27. The van der Waals surface area contributed by atoms with Crippen LogP contribution in [0.2, 0.25) is 0 Å². The van der Waals surface area contributed by atoms with Crippen LogP contribution < -0.4 is 5.32 Å². The Bertz CT molecular complexity index is 1190. The highest BCUT2D eigenvalue weighted by Gasteiger charge is 2.26. The van der Waals surface area contributed by atoms with Gasteiger partial charge in [0.25, 0.3) is 0 Å². The molecule has 0 bridgehead atoms. The molecule has 0 fully saturated rings. The molecule has 278 valence electrons. The third-order valence-electron chi connectivity index (χ3n) is 8.51. The molecule has 0 saturated carbocycles. The Morgan fingerprint density at radius 3 is 1.66 bits per heavy atom. The van der Waals surface area contributed by atoms with E-state index in [1.165, 1.54) is 38.5 Å². The second kappa shape index (κ2) is 27.9. The topological polar surface area (TPSA) is 117 Å². The predicted molar refractivity (Wildman–Crippen MR) is 195 cm³/mol. The molecule has 1 amide bonds. The van der Waals surface area contributed by atoms with Crippen molar-refractivity contribution in [3.63, 3.8) is 0 Å². The molecule has 0 aliphatic heterocycles. The summed E-state index contributed by atoms with van der Waals surface area (Å²) < 4.78 is 22.0. The summed E-state index contributed by atoms with van der Waals surface area (Å²) in [5.41, 5.74) is 1.56. The van der Waals surface area contributed by atoms with Crippen molar-refractivity contribution in [2.75, 3.05) is 6.61 Å². The fourth-order valence-electron chi connectivity index (χ4n) is 5.49. The zero-order valence-electron chi connectivity index (χ0n) is 30.5. The van der Waals surface area contributed by atoms with Crippen molar-refractivity contribution >= 4 is 24.0 Å². The highest BCUT2D eigenvalue weighted by molar-refractivity contribution is 5.82. The summed E-state index contributed by atoms with van der Waals surface area (Å²) in [5, 5.41) is 2.48. The summed E-state index contributed by atoms with van der Waals surface area (Å²) in [7, 11) is 0. The van der Waals surface area contributed by atoms with Crippen LogP contribution in [0.25, 0.3) is 0 Å². The van der Waals surface area contributed by atoms with Gasteiger partial charge >= 0.3 is 24.0 Å². The van der Waals surface area contributed by atoms with Gasteiger partial charge in [-0.3, -0.25) is 9.59 Å². The van der Waals surface area contributed by atoms with Gasteiger partial charge in [-0.25, -0.2) is 9.59 Å². The Hall–Kier alpha value is -3.88. The summed E-state index contributed by atoms with van der Waals surface area (Å²) in [5.74, 6) is -1.54. The Labute approximate surface area is 300 Å². The second-order valence-electron chi connectivity index (χ2n) is 13.0. The van der Waals surface area contributed by atoms with Crippen LogP contribution in [0.1, 0.15) is 141 Å². The second-order valence-corrected chi connectivity index (χ2v) is 13.0. The van der Waals surface area contributed by atoms with Crippen molar-refractivity contribution in [1.82, 2.24) is 5.32 Å². The standard InChI is InChI=1S/C41H61NO8/c1-3-5-7-9-10-11-12-14-22-28-39(44)50-36(27-21-13-8-6-4-2)29-30-38(43)47-33-37(40(45)48-31-34-23-17-15-18-24-34)42-41(46)49-32-35-25-19-16-20-26-35/h15-20,23-26,36-37H,3-14,21-22,27-33H2,1-2H3,(H,42,46). The first-order valence-electron chi connectivity index (χ1n) is 18.9. The maximum absolute atomic E-state index is 13.0. The summed E-state index contributed by atoms with van der Waals surface area (Å²) in [4.78, 5) is 51.1. The maximum Gasteiger partial charge on any atom is 0.408 e. The third-order valence-corrected chi connectivity index (χ3v) is 8.51. The van der Waals surface area contributed by atoms with Gasteiger partial charge in [0.1, 0.15) is 25.9 Å². The van der Waals surface area contributed by atoms with Gasteiger partial charge in [0.05, 0.1) is 0 Å². The summed E-state index contributed by atoms with van der Waals surface area (Å²) >= 11 is 0. The van der Waals surface area contributed by atoms with Crippen LogP contribution in [0, 0.1) is 0 Å². The number of nitrogens with one attached hydrogen (secondary N) is 1. The number of rotatable bonds is 28. The van der Waals surface area contributed by atoms with Crippen molar-refractivity contribution in [1.29, 1.82) is 0 Å². The number of carbonyl (C=O) groups excluding carboxylic acids is 4. The molecule has 2 atom stereocenters. The lowest BCUT2D eigenvalue weighted by Crippen LogP contribution is -2.45. The number of ether oxygens (including phenoxy) is 4. The Morgan fingerprint density at radius 1 is 0.560 bits per heavy atom. The van der Waals surface area contributed by atoms with Gasteiger partial charge in [0, 0.05) is 12.8 Å². The minimum Gasteiger partial charge on any atom is -0.463 e. The fourth-order valence-corrected chi connectivity index (χ4v) is 5.49. The fraction of sp³-hybridized carbons (Fsp3) is 0.610. The molecule has 0 aromatic heterocycles. The predicted octanol–water partition coefficient (Wildman–Crippen LogP) is 9.54. The molecule has 0 radical (unpaired) electrons. The van der Waals surface area contributed by atoms with E-state index in [1.807, 2.05) is 60.7 Å².